The molecule has 1 heterocycles. The average molecular weight is 378 g/mol. The summed E-state index contributed by atoms with van der Waals surface area (Å²) in [5, 5.41) is 7.07. The van der Waals surface area contributed by atoms with Gasteiger partial charge in [-0.25, -0.2) is 0 Å². The number of carbonyl (C=O) groups is 1. The van der Waals surface area contributed by atoms with E-state index in [2.05, 4.69) is 51.5 Å². The van der Waals surface area contributed by atoms with Gasteiger partial charge in [-0.05, 0) is 68.1 Å². The van der Waals surface area contributed by atoms with E-state index in [1.54, 1.807) is 0 Å². The number of thiocarbonyl (C=S) groups is 1. The van der Waals surface area contributed by atoms with Gasteiger partial charge in [0.25, 0.3) is 0 Å². The Kier molecular flexibility index (Phi) is 8.68. The van der Waals surface area contributed by atoms with Crippen LogP contribution in [0.25, 0.3) is 0 Å². The smallest absolute Gasteiger partial charge is 0.305 e. The molecule has 144 valence electrons. The van der Waals surface area contributed by atoms with E-state index >= 15 is 0 Å². The second kappa shape index (κ2) is 11.0. The fraction of sp³-hybridized carbons (Fsp3) is 0.600. The molecule has 0 aromatic heterocycles. The van der Waals surface area contributed by atoms with Crippen LogP contribution in [-0.2, 0) is 9.53 Å². The van der Waals surface area contributed by atoms with E-state index in [0.29, 0.717) is 11.5 Å². The molecule has 0 spiro atoms. The third-order valence-corrected chi connectivity index (χ3v) is 5.09. The first-order valence-corrected chi connectivity index (χ1v) is 9.96. The number of piperidine rings is 1. The Balaban J connectivity index is 1.63. The van der Waals surface area contributed by atoms with E-state index in [4.69, 9.17) is 12.2 Å². The molecule has 0 amide bonds. The maximum absolute atomic E-state index is 11.0. The molecule has 1 aliphatic rings. The van der Waals surface area contributed by atoms with Crippen LogP contribution in [0, 0.1) is 5.92 Å². The Labute approximate surface area is 162 Å². The highest BCUT2D eigenvalue weighted by Crippen LogP contribution is 2.24. The SMILES string of the molecule is COC(=O)CCCCCNC(=S)Nc1ccc(N2CCC(C)CC2)cc1. The van der Waals surface area contributed by atoms with Gasteiger partial charge in [0.05, 0.1) is 7.11 Å². The maximum Gasteiger partial charge on any atom is 0.305 e. The quantitative estimate of drug-likeness (QED) is 0.407. The number of nitrogens with zero attached hydrogens (tertiary/aromatic N) is 1. The van der Waals surface area contributed by atoms with Crippen LogP contribution < -0.4 is 15.5 Å². The molecule has 1 aromatic rings. The average Bonchev–Trinajstić information content (AvgIpc) is 2.65. The fourth-order valence-electron chi connectivity index (χ4n) is 3.07. The Hall–Kier alpha value is -1.82. The van der Waals surface area contributed by atoms with Crippen molar-refractivity contribution in [3.05, 3.63) is 24.3 Å². The van der Waals surface area contributed by atoms with Gasteiger partial charge >= 0.3 is 5.97 Å². The molecule has 1 fully saturated rings. The molecular formula is C20H31N3O2S. The van der Waals surface area contributed by atoms with Crippen LogP contribution in [0.3, 0.4) is 0 Å². The van der Waals surface area contributed by atoms with Crippen LogP contribution >= 0.6 is 12.2 Å². The minimum Gasteiger partial charge on any atom is -0.469 e. The van der Waals surface area contributed by atoms with Gasteiger partial charge in [0, 0.05) is 37.4 Å². The molecule has 2 rings (SSSR count). The Morgan fingerprint density at radius 3 is 2.54 bits per heavy atom. The largest absolute Gasteiger partial charge is 0.469 e. The molecule has 2 N–H and O–H groups in total. The lowest BCUT2D eigenvalue weighted by Gasteiger charge is -2.32. The first kappa shape index (κ1) is 20.5. The first-order chi connectivity index (χ1) is 12.6. The van der Waals surface area contributed by atoms with Gasteiger partial charge in [-0.2, -0.15) is 0 Å². The number of methoxy groups -OCH3 is 1. The van der Waals surface area contributed by atoms with Crippen LogP contribution in [0.5, 0.6) is 0 Å². The summed E-state index contributed by atoms with van der Waals surface area (Å²) >= 11 is 5.34. The number of rotatable bonds is 8. The van der Waals surface area contributed by atoms with E-state index in [1.807, 2.05) is 0 Å². The predicted molar refractivity (Wildman–Crippen MR) is 112 cm³/mol. The number of carbonyl (C=O) groups excluding carboxylic acids is 1. The molecule has 0 atom stereocenters. The highest BCUT2D eigenvalue weighted by atomic mass is 32.1. The van der Waals surface area contributed by atoms with Crippen LogP contribution in [0.2, 0.25) is 0 Å². The molecule has 0 unspecified atom stereocenters. The van der Waals surface area contributed by atoms with Crippen molar-refractivity contribution in [2.24, 2.45) is 5.92 Å². The van der Waals surface area contributed by atoms with Crippen molar-refractivity contribution in [2.75, 3.05) is 37.0 Å². The molecule has 1 aliphatic heterocycles. The van der Waals surface area contributed by atoms with E-state index < -0.39 is 0 Å². The van der Waals surface area contributed by atoms with Gasteiger partial charge in [-0.3, -0.25) is 4.79 Å². The monoisotopic (exact) mass is 377 g/mol. The predicted octanol–water partition coefficient (Wildman–Crippen LogP) is 3.94. The topological polar surface area (TPSA) is 53.6 Å². The fourth-order valence-corrected chi connectivity index (χ4v) is 3.29. The lowest BCUT2D eigenvalue weighted by atomic mass is 9.99. The van der Waals surface area contributed by atoms with Crippen molar-refractivity contribution in [1.29, 1.82) is 0 Å². The highest BCUT2D eigenvalue weighted by molar-refractivity contribution is 7.80. The second-order valence-corrected chi connectivity index (χ2v) is 7.39. The number of esters is 1. The molecule has 1 aromatic carbocycles. The van der Waals surface area contributed by atoms with Gasteiger partial charge < -0.3 is 20.3 Å². The van der Waals surface area contributed by atoms with Crippen molar-refractivity contribution < 1.29 is 9.53 Å². The standard InChI is InChI=1S/C20H31N3O2S/c1-16-11-14-23(15-12-16)18-9-7-17(8-10-18)22-20(26)21-13-5-3-4-6-19(24)25-2/h7-10,16H,3-6,11-15H2,1-2H3,(H2,21,22,26). The summed E-state index contributed by atoms with van der Waals surface area (Å²) in [6, 6.07) is 8.48. The molecule has 26 heavy (non-hydrogen) atoms. The number of ether oxygens (including phenoxy) is 1. The van der Waals surface area contributed by atoms with Crippen LogP contribution in [-0.4, -0.2) is 37.8 Å². The van der Waals surface area contributed by atoms with Crippen LogP contribution in [0.1, 0.15) is 45.4 Å². The van der Waals surface area contributed by atoms with Crippen molar-refractivity contribution in [2.45, 2.75) is 45.4 Å². The van der Waals surface area contributed by atoms with Gasteiger partial charge in [-0.1, -0.05) is 13.3 Å². The van der Waals surface area contributed by atoms with E-state index in [0.717, 1.165) is 50.5 Å². The molecule has 6 heteroatoms. The molecule has 1 saturated heterocycles. The van der Waals surface area contributed by atoms with E-state index in [9.17, 15) is 4.79 Å². The number of hydrogen-bond acceptors (Lipinski definition) is 4. The lowest BCUT2D eigenvalue weighted by Crippen LogP contribution is -2.32. The zero-order valence-electron chi connectivity index (χ0n) is 15.9. The molecule has 0 radical (unpaired) electrons. The number of unbranched alkanes of at least 4 members (excludes halogenated alkanes) is 2. The number of anilines is 2. The van der Waals surface area contributed by atoms with Crippen molar-refractivity contribution in [3.63, 3.8) is 0 Å². The van der Waals surface area contributed by atoms with Crippen LogP contribution in [0.15, 0.2) is 24.3 Å². The van der Waals surface area contributed by atoms with Gasteiger partial charge in [0.1, 0.15) is 0 Å². The summed E-state index contributed by atoms with van der Waals surface area (Å²) in [5.41, 5.74) is 2.29. The Bertz CT molecular complexity index is 569. The van der Waals surface area contributed by atoms with Gasteiger partial charge in [0.2, 0.25) is 0 Å². The summed E-state index contributed by atoms with van der Waals surface area (Å²) in [5.74, 6) is 0.703. The zero-order chi connectivity index (χ0) is 18.8. The summed E-state index contributed by atoms with van der Waals surface area (Å²) in [4.78, 5) is 13.5. The molecule has 0 saturated carbocycles. The van der Waals surface area contributed by atoms with E-state index in [-0.39, 0.29) is 5.97 Å². The third-order valence-electron chi connectivity index (χ3n) is 4.84. The lowest BCUT2D eigenvalue weighted by molar-refractivity contribution is -0.140. The minimum absolute atomic E-state index is 0.141. The first-order valence-electron chi connectivity index (χ1n) is 9.55. The molecule has 0 bridgehead atoms. The summed E-state index contributed by atoms with van der Waals surface area (Å²) in [7, 11) is 1.42. The highest BCUT2D eigenvalue weighted by Gasteiger charge is 2.15. The van der Waals surface area contributed by atoms with Crippen molar-refractivity contribution in [1.82, 2.24) is 5.32 Å². The van der Waals surface area contributed by atoms with Crippen LogP contribution in [0.4, 0.5) is 11.4 Å². The summed E-state index contributed by atoms with van der Waals surface area (Å²) < 4.78 is 4.62. The molecule has 0 aliphatic carbocycles. The number of hydrogen-bond donors (Lipinski definition) is 2. The second-order valence-electron chi connectivity index (χ2n) is 6.98. The number of nitrogens with one attached hydrogen (secondary N) is 2. The number of benzene rings is 1. The minimum atomic E-state index is -0.141. The molecular weight excluding hydrogens is 346 g/mol. The normalized spacial score (nSPS) is 14.8. The van der Waals surface area contributed by atoms with Crippen molar-refractivity contribution in [3.8, 4) is 0 Å². The Morgan fingerprint density at radius 1 is 1.19 bits per heavy atom. The molecule has 5 nitrogen and oxygen atoms in total. The zero-order valence-corrected chi connectivity index (χ0v) is 16.7. The van der Waals surface area contributed by atoms with E-state index in [1.165, 1.54) is 25.6 Å². The Morgan fingerprint density at radius 2 is 1.88 bits per heavy atom. The maximum atomic E-state index is 11.0. The summed E-state index contributed by atoms with van der Waals surface area (Å²) in [6.07, 6.45) is 5.84. The third kappa shape index (κ3) is 7.20. The summed E-state index contributed by atoms with van der Waals surface area (Å²) in [6.45, 7) is 5.42. The van der Waals surface area contributed by atoms with Gasteiger partial charge in [-0.15, -0.1) is 0 Å². The van der Waals surface area contributed by atoms with Gasteiger partial charge in [0.15, 0.2) is 5.11 Å². The van der Waals surface area contributed by atoms with Crippen molar-refractivity contribution >= 4 is 34.7 Å².